The van der Waals surface area contributed by atoms with E-state index >= 15 is 0 Å². The fourth-order valence-electron chi connectivity index (χ4n) is 3.43. The monoisotopic (exact) mass is 372 g/mol. The van der Waals surface area contributed by atoms with Gasteiger partial charge in [0.1, 0.15) is 12.2 Å². The molecule has 0 saturated heterocycles. The molecule has 0 aliphatic carbocycles. The SMILES string of the molecule is O=C(O)CC[n+]1c2ccccc2c(C(=O)Oc2ccccc2)c2ccccc21. The smallest absolute Gasteiger partial charge is 0.345 e. The summed E-state index contributed by atoms with van der Waals surface area (Å²) in [6.07, 6.45) is -0.00748. The van der Waals surface area contributed by atoms with Gasteiger partial charge in [0, 0.05) is 12.1 Å². The van der Waals surface area contributed by atoms with E-state index < -0.39 is 11.9 Å². The lowest BCUT2D eigenvalue weighted by Crippen LogP contribution is -2.37. The number of fused-ring (bicyclic) bond motifs is 2. The Morgan fingerprint density at radius 2 is 1.32 bits per heavy atom. The highest BCUT2D eigenvalue weighted by atomic mass is 16.5. The number of carbonyl (C=O) groups is 2. The number of carboxylic acids is 1. The van der Waals surface area contributed by atoms with Gasteiger partial charge in [0.2, 0.25) is 11.0 Å². The summed E-state index contributed by atoms with van der Waals surface area (Å²) in [6, 6.07) is 23.9. The van der Waals surface area contributed by atoms with Crippen LogP contribution in [-0.2, 0) is 11.3 Å². The molecular weight excluding hydrogens is 354 g/mol. The summed E-state index contributed by atoms with van der Waals surface area (Å²) in [5, 5.41) is 10.6. The second kappa shape index (κ2) is 7.48. The number of hydrogen-bond donors (Lipinski definition) is 1. The van der Waals surface area contributed by atoms with Crippen LogP contribution in [0.25, 0.3) is 21.8 Å². The molecule has 0 fully saturated rings. The van der Waals surface area contributed by atoms with Crippen LogP contribution >= 0.6 is 0 Å². The average molecular weight is 372 g/mol. The van der Waals surface area contributed by atoms with Crippen molar-refractivity contribution in [1.82, 2.24) is 0 Å². The van der Waals surface area contributed by atoms with Crippen molar-refractivity contribution < 1.29 is 24.0 Å². The van der Waals surface area contributed by atoms with Crippen LogP contribution in [0.5, 0.6) is 5.75 Å². The summed E-state index contributed by atoms with van der Waals surface area (Å²) < 4.78 is 7.55. The number of aliphatic carboxylic acids is 1. The molecule has 0 amide bonds. The van der Waals surface area contributed by atoms with Crippen molar-refractivity contribution in [2.24, 2.45) is 0 Å². The maximum atomic E-state index is 13.1. The summed E-state index contributed by atoms with van der Waals surface area (Å²) in [4.78, 5) is 24.2. The standard InChI is InChI=1S/C23H17NO4/c25-21(26)14-15-24-19-12-6-4-10-17(19)22(18-11-5-7-13-20(18)24)23(27)28-16-8-2-1-3-9-16/h1-13H,14-15H2/p+1. The van der Waals surface area contributed by atoms with Crippen LogP contribution in [0, 0.1) is 0 Å². The number of carbonyl (C=O) groups excluding carboxylic acids is 1. The Morgan fingerprint density at radius 3 is 1.89 bits per heavy atom. The highest BCUT2D eigenvalue weighted by molar-refractivity contribution is 6.13. The highest BCUT2D eigenvalue weighted by Gasteiger charge is 2.25. The van der Waals surface area contributed by atoms with Crippen molar-refractivity contribution in [3.63, 3.8) is 0 Å². The third-order valence-corrected chi connectivity index (χ3v) is 4.64. The van der Waals surface area contributed by atoms with Crippen molar-refractivity contribution in [3.05, 3.63) is 84.4 Å². The molecule has 1 aromatic heterocycles. The number of esters is 1. The minimum Gasteiger partial charge on any atom is -0.481 e. The third-order valence-electron chi connectivity index (χ3n) is 4.64. The maximum Gasteiger partial charge on any atom is 0.345 e. The predicted octanol–water partition coefficient (Wildman–Crippen LogP) is 3.97. The van der Waals surface area contributed by atoms with E-state index in [4.69, 9.17) is 9.84 Å². The Kier molecular flexibility index (Phi) is 4.72. The van der Waals surface area contributed by atoms with Gasteiger partial charge < -0.3 is 9.84 Å². The van der Waals surface area contributed by atoms with Crippen LogP contribution in [-0.4, -0.2) is 17.0 Å². The summed E-state index contributed by atoms with van der Waals surface area (Å²) in [5.41, 5.74) is 2.06. The number of carboxylic acid groups (broad SMARTS) is 1. The van der Waals surface area contributed by atoms with Gasteiger partial charge in [-0.2, -0.15) is 4.57 Å². The largest absolute Gasteiger partial charge is 0.481 e. The van der Waals surface area contributed by atoms with Crippen LogP contribution < -0.4 is 9.30 Å². The zero-order valence-electron chi connectivity index (χ0n) is 15.0. The highest BCUT2D eigenvalue weighted by Crippen LogP contribution is 2.26. The van der Waals surface area contributed by atoms with E-state index in [1.165, 1.54) is 0 Å². The summed E-state index contributed by atoms with van der Waals surface area (Å²) in [5.74, 6) is -0.833. The Bertz CT molecular complexity index is 1130. The second-order valence-corrected chi connectivity index (χ2v) is 6.41. The minimum atomic E-state index is -0.867. The molecule has 1 heterocycles. The third kappa shape index (κ3) is 3.30. The van der Waals surface area contributed by atoms with Gasteiger partial charge in [-0.3, -0.25) is 4.79 Å². The fourth-order valence-corrected chi connectivity index (χ4v) is 3.43. The van der Waals surface area contributed by atoms with Crippen LogP contribution in [0.4, 0.5) is 0 Å². The number of aryl methyl sites for hydroxylation is 1. The van der Waals surface area contributed by atoms with E-state index in [0.717, 1.165) is 21.8 Å². The molecule has 138 valence electrons. The van der Waals surface area contributed by atoms with Crippen LogP contribution in [0.2, 0.25) is 0 Å². The van der Waals surface area contributed by atoms with E-state index in [-0.39, 0.29) is 6.42 Å². The molecule has 0 aliphatic heterocycles. The Labute approximate surface area is 161 Å². The van der Waals surface area contributed by atoms with Crippen LogP contribution in [0.15, 0.2) is 78.9 Å². The number of ether oxygens (including phenoxy) is 1. The van der Waals surface area contributed by atoms with Crippen LogP contribution in [0.3, 0.4) is 0 Å². The first-order chi connectivity index (χ1) is 13.6. The summed E-state index contributed by atoms with van der Waals surface area (Å²) in [6.45, 7) is 0.310. The first kappa shape index (κ1) is 17.7. The molecule has 0 radical (unpaired) electrons. The molecule has 28 heavy (non-hydrogen) atoms. The normalized spacial score (nSPS) is 10.9. The zero-order chi connectivity index (χ0) is 19.5. The second-order valence-electron chi connectivity index (χ2n) is 6.41. The van der Waals surface area contributed by atoms with Gasteiger partial charge in [0.05, 0.1) is 16.3 Å². The Balaban J connectivity index is 1.94. The van der Waals surface area contributed by atoms with Gasteiger partial charge in [-0.15, -0.1) is 0 Å². The van der Waals surface area contributed by atoms with Gasteiger partial charge in [0.25, 0.3) is 0 Å². The van der Waals surface area contributed by atoms with Gasteiger partial charge in [-0.25, -0.2) is 4.79 Å². The zero-order valence-corrected chi connectivity index (χ0v) is 15.0. The Morgan fingerprint density at radius 1 is 0.786 bits per heavy atom. The van der Waals surface area contributed by atoms with Gasteiger partial charge in [-0.05, 0) is 24.3 Å². The quantitative estimate of drug-likeness (QED) is 0.249. The van der Waals surface area contributed by atoms with Crippen molar-refractivity contribution >= 4 is 33.7 Å². The van der Waals surface area contributed by atoms with Gasteiger partial charge >= 0.3 is 11.9 Å². The van der Waals surface area contributed by atoms with Gasteiger partial charge in [-0.1, -0.05) is 42.5 Å². The number of pyridine rings is 1. The first-order valence-corrected chi connectivity index (χ1v) is 8.97. The fraction of sp³-hybridized carbons (Fsp3) is 0.0870. The minimum absolute atomic E-state index is 0.00748. The molecule has 4 rings (SSSR count). The number of benzene rings is 3. The molecule has 0 aliphatic rings. The van der Waals surface area contributed by atoms with Crippen molar-refractivity contribution in [3.8, 4) is 5.75 Å². The predicted molar refractivity (Wildman–Crippen MR) is 105 cm³/mol. The van der Waals surface area contributed by atoms with E-state index in [9.17, 15) is 9.59 Å². The Hall–Kier alpha value is -3.73. The lowest BCUT2D eigenvalue weighted by molar-refractivity contribution is -0.644. The topological polar surface area (TPSA) is 67.5 Å². The number of hydrogen-bond acceptors (Lipinski definition) is 3. The molecule has 0 spiro atoms. The van der Waals surface area contributed by atoms with Crippen molar-refractivity contribution in [1.29, 1.82) is 0 Å². The number of aromatic nitrogens is 1. The first-order valence-electron chi connectivity index (χ1n) is 8.97. The molecule has 0 unspecified atom stereocenters. The number of nitrogens with zero attached hydrogens (tertiary/aromatic N) is 1. The maximum absolute atomic E-state index is 13.1. The van der Waals surface area contributed by atoms with E-state index in [1.54, 1.807) is 12.1 Å². The van der Waals surface area contributed by atoms with Gasteiger partial charge in [0.15, 0.2) is 6.54 Å². The molecule has 3 aromatic carbocycles. The molecule has 0 bridgehead atoms. The molecule has 4 aromatic rings. The van der Waals surface area contributed by atoms with Crippen molar-refractivity contribution in [2.75, 3.05) is 0 Å². The molecule has 5 heteroatoms. The van der Waals surface area contributed by atoms with E-state index in [2.05, 4.69) is 0 Å². The lowest BCUT2D eigenvalue weighted by Gasteiger charge is -2.11. The van der Waals surface area contributed by atoms with Crippen molar-refractivity contribution in [2.45, 2.75) is 13.0 Å². The molecular formula is C23H18NO4+. The molecule has 0 atom stereocenters. The molecule has 5 nitrogen and oxygen atoms in total. The average Bonchev–Trinajstić information content (AvgIpc) is 2.71. The number of rotatable bonds is 5. The van der Waals surface area contributed by atoms with Crippen LogP contribution in [0.1, 0.15) is 16.8 Å². The molecule has 0 saturated carbocycles. The number of para-hydroxylation sites is 3. The van der Waals surface area contributed by atoms with E-state index in [0.29, 0.717) is 17.9 Å². The summed E-state index contributed by atoms with van der Waals surface area (Å²) >= 11 is 0. The molecule has 1 N–H and O–H groups in total. The summed E-state index contributed by atoms with van der Waals surface area (Å²) in [7, 11) is 0. The van der Waals surface area contributed by atoms with E-state index in [1.807, 2.05) is 71.3 Å². The lowest BCUT2D eigenvalue weighted by atomic mass is 10.0.